The van der Waals surface area contributed by atoms with Crippen LogP contribution in [0.25, 0.3) is 0 Å². The second-order valence-corrected chi connectivity index (χ2v) is 9.06. The highest BCUT2D eigenvalue weighted by Gasteiger charge is 2.38. The number of nitrogens with zero attached hydrogens (tertiary/aromatic N) is 1. The second-order valence-electron chi connectivity index (χ2n) is 7.71. The molecular weight excluding hydrogens is 380 g/mol. The second kappa shape index (κ2) is 7.82. The summed E-state index contributed by atoms with van der Waals surface area (Å²) in [5.41, 5.74) is 2.02. The summed E-state index contributed by atoms with van der Waals surface area (Å²) in [5, 5.41) is 5.95. The summed E-state index contributed by atoms with van der Waals surface area (Å²) in [6.45, 7) is 2.42. The van der Waals surface area contributed by atoms with Crippen molar-refractivity contribution in [2.45, 2.75) is 57.3 Å². The van der Waals surface area contributed by atoms with Crippen LogP contribution >= 0.6 is 22.9 Å². The molecule has 2 aliphatic heterocycles. The average molecular weight is 405 g/mol. The topological polar surface area (TPSA) is 41.6 Å². The van der Waals surface area contributed by atoms with E-state index in [9.17, 15) is 4.79 Å². The molecule has 27 heavy (non-hydrogen) atoms. The van der Waals surface area contributed by atoms with Gasteiger partial charge in [-0.3, -0.25) is 4.79 Å². The van der Waals surface area contributed by atoms with E-state index < -0.39 is 0 Å². The first-order valence-electron chi connectivity index (χ1n) is 9.49. The first-order chi connectivity index (χ1) is 13.0. The van der Waals surface area contributed by atoms with E-state index in [0.717, 1.165) is 34.6 Å². The third-order valence-corrected chi connectivity index (χ3v) is 7.06. The van der Waals surface area contributed by atoms with E-state index in [4.69, 9.17) is 16.3 Å². The Morgan fingerprint density at radius 3 is 2.74 bits per heavy atom. The van der Waals surface area contributed by atoms with Crippen LogP contribution in [0.2, 0.25) is 5.02 Å². The van der Waals surface area contributed by atoms with Gasteiger partial charge in [0.15, 0.2) is 0 Å². The molecule has 2 fully saturated rings. The Morgan fingerprint density at radius 2 is 2.04 bits per heavy atom. The quantitative estimate of drug-likeness (QED) is 0.788. The van der Waals surface area contributed by atoms with Crippen LogP contribution < -0.4 is 10.1 Å². The molecule has 4 nitrogen and oxygen atoms in total. The van der Waals surface area contributed by atoms with Crippen molar-refractivity contribution in [1.82, 2.24) is 10.2 Å². The largest absolute Gasteiger partial charge is 0.489 e. The Bertz CT molecular complexity index is 823. The van der Waals surface area contributed by atoms with Gasteiger partial charge in [0.1, 0.15) is 12.4 Å². The molecule has 0 spiro atoms. The number of aryl methyl sites for hydroxylation is 1. The molecule has 2 saturated heterocycles. The Kier molecular flexibility index (Phi) is 5.44. The predicted octanol–water partition coefficient (Wildman–Crippen LogP) is 4.64. The van der Waals surface area contributed by atoms with Crippen molar-refractivity contribution in [3.05, 3.63) is 50.7 Å². The maximum atomic E-state index is 12.6. The summed E-state index contributed by atoms with van der Waals surface area (Å²) in [6, 6.07) is 9.09. The Hall–Kier alpha value is -1.56. The molecule has 2 unspecified atom stereocenters. The lowest BCUT2D eigenvalue weighted by Gasteiger charge is -2.36. The van der Waals surface area contributed by atoms with Crippen molar-refractivity contribution >= 4 is 28.8 Å². The van der Waals surface area contributed by atoms with E-state index in [0.29, 0.717) is 29.8 Å². The molecule has 4 rings (SSSR count). The lowest BCUT2D eigenvalue weighted by Crippen LogP contribution is -2.48. The number of carbonyl (C=O) groups excluding carboxylic acids is 1. The number of carbonyl (C=O) groups is 1. The van der Waals surface area contributed by atoms with Crippen molar-refractivity contribution in [2.24, 2.45) is 0 Å². The van der Waals surface area contributed by atoms with Crippen LogP contribution in [-0.2, 0) is 6.61 Å². The van der Waals surface area contributed by atoms with Gasteiger partial charge in [-0.05, 0) is 74.9 Å². The minimum atomic E-state index is 0.0443. The van der Waals surface area contributed by atoms with Crippen molar-refractivity contribution in [2.75, 3.05) is 7.05 Å². The highest BCUT2D eigenvalue weighted by atomic mass is 35.5. The number of fused-ring (bicyclic) bond motifs is 2. The van der Waals surface area contributed by atoms with E-state index in [1.165, 1.54) is 24.2 Å². The number of hydrogen-bond acceptors (Lipinski definition) is 4. The molecule has 0 aliphatic carbocycles. The number of ether oxygens (including phenoxy) is 1. The van der Waals surface area contributed by atoms with Gasteiger partial charge in [0, 0.05) is 28.7 Å². The van der Waals surface area contributed by atoms with E-state index in [1.807, 2.05) is 36.6 Å². The van der Waals surface area contributed by atoms with Crippen molar-refractivity contribution in [3.63, 3.8) is 0 Å². The number of piperidine rings is 1. The molecular formula is C21H25ClN2O2S. The van der Waals surface area contributed by atoms with Gasteiger partial charge < -0.3 is 15.0 Å². The molecule has 1 aromatic carbocycles. The number of nitrogens with one attached hydrogen (secondary N) is 1. The van der Waals surface area contributed by atoms with E-state index in [1.54, 1.807) is 0 Å². The van der Waals surface area contributed by atoms with Crippen molar-refractivity contribution in [3.8, 4) is 5.75 Å². The molecule has 2 bridgehead atoms. The normalized spacial score (nSPS) is 24.8. The fraction of sp³-hybridized carbons (Fsp3) is 0.476. The molecule has 0 saturated carbocycles. The minimum absolute atomic E-state index is 0.0443. The first kappa shape index (κ1) is 18.8. The summed E-state index contributed by atoms with van der Waals surface area (Å²) in [5.74, 6) is 0.862. The van der Waals surface area contributed by atoms with Gasteiger partial charge in [0.2, 0.25) is 0 Å². The number of benzene rings is 1. The zero-order valence-electron chi connectivity index (χ0n) is 15.7. The number of halogens is 1. The zero-order chi connectivity index (χ0) is 19.0. The molecule has 2 aromatic rings. The maximum Gasteiger partial charge on any atom is 0.261 e. The van der Waals surface area contributed by atoms with Gasteiger partial charge in [0.25, 0.3) is 5.91 Å². The van der Waals surface area contributed by atoms with Crippen LogP contribution in [0.1, 0.15) is 46.5 Å². The number of amides is 1. The van der Waals surface area contributed by atoms with Gasteiger partial charge in [-0.15, -0.1) is 11.3 Å². The van der Waals surface area contributed by atoms with Crippen LogP contribution in [0, 0.1) is 6.92 Å². The molecule has 3 heterocycles. The molecule has 1 N–H and O–H groups in total. The third kappa shape index (κ3) is 4.15. The summed E-state index contributed by atoms with van der Waals surface area (Å²) in [4.78, 5) is 15.9. The zero-order valence-corrected chi connectivity index (χ0v) is 17.3. The monoisotopic (exact) mass is 404 g/mol. The van der Waals surface area contributed by atoms with Crippen LogP contribution in [0.4, 0.5) is 0 Å². The minimum Gasteiger partial charge on any atom is -0.489 e. The SMILES string of the molecule is Cc1cc(Cl)ccc1OCc1csc(C(=O)NC2CC3CCC(C2)N3C)c1. The van der Waals surface area contributed by atoms with E-state index in [2.05, 4.69) is 17.3 Å². The van der Waals surface area contributed by atoms with E-state index in [-0.39, 0.29) is 5.91 Å². The van der Waals surface area contributed by atoms with Gasteiger partial charge in [-0.25, -0.2) is 0 Å². The molecule has 6 heteroatoms. The summed E-state index contributed by atoms with van der Waals surface area (Å²) >= 11 is 7.46. The van der Waals surface area contributed by atoms with Crippen LogP contribution in [0.3, 0.4) is 0 Å². The molecule has 2 aliphatic rings. The van der Waals surface area contributed by atoms with Crippen LogP contribution in [0.5, 0.6) is 5.75 Å². The fourth-order valence-electron chi connectivity index (χ4n) is 4.29. The Labute approximate surface area is 169 Å². The Balaban J connectivity index is 1.33. The molecule has 2 atom stereocenters. The summed E-state index contributed by atoms with van der Waals surface area (Å²) < 4.78 is 5.88. The average Bonchev–Trinajstić information content (AvgIpc) is 3.16. The molecule has 144 valence electrons. The summed E-state index contributed by atoms with van der Waals surface area (Å²) in [6.07, 6.45) is 4.65. The number of hydrogen-bond donors (Lipinski definition) is 1. The van der Waals surface area contributed by atoms with Gasteiger partial charge in [-0.1, -0.05) is 11.6 Å². The summed E-state index contributed by atoms with van der Waals surface area (Å²) in [7, 11) is 2.22. The molecule has 1 amide bonds. The van der Waals surface area contributed by atoms with Crippen LogP contribution in [-0.4, -0.2) is 36.0 Å². The predicted molar refractivity (Wildman–Crippen MR) is 110 cm³/mol. The standard InChI is InChI=1S/C21H25ClN2O2S/c1-13-7-15(22)3-6-19(13)26-11-14-8-20(27-12-14)21(25)23-16-9-17-4-5-18(10-16)24(17)2/h3,6-8,12,16-18H,4-5,9-11H2,1-2H3,(H,23,25). The first-order valence-corrected chi connectivity index (χ1v) is 10.7. The van der Waals surface area contributed by atoms with Gasteiger partial charge >= 0.3 is 0 Å². The fourth-order valence-corrected chi connectivity index (χ4v) is 5.32. The van der Waals surface area contributed by atoms with E-state index >= 15 is 0 Å². The Morgan fingerprint density at radius 1 is 1.30 bits per heavy atom. The smallest absolute Gasteiger partial charge is 0.261 e. The van der Waals surface area contributed by atoms with Crippen LogP contribution in [0.15, 0.2) is 29.6 Å². The highest BCUT2D eigenvalue weighted by Crippen LogP contribution is 2.34. The number of thiophene rings is 1. The highest BCUT2D eigenvalue weighted by molar-refractivity contribution is 7.12. The van der Waals surface area contributed by atoms with Gasteiger partial charge in [-0.2, -0.15) is 0 Å². The number of rotatable bonds is 5. The lowest BCUT2D eigenvalue weighted by atomic mass is 9.98. The molecule has 1 aromatic heterocycles. The van der Waals surface area contributed by atoms with Crippen molar-refractivity contribution in [1.29, 1.82) is 0 Å². The maximum absolute atomic E-state index is 12.6. The van der Waals surface area contributed by atoms with Gasteiger partial charge in [0.05, 0.1) is 4.88 Å². The molecule has 0 radical (unpaired) electrons. The lowest BCUT2D eigenvalue weighted by molar-refractivity contribution is 0.0886. The van der Waals surface area contributed by atoms with Crippen molar-refractivity contribution < 1.29 is 9.53 Å². The third-order valence-electron chi connectivity index (χ3n) is 5.84.